The first-order valence-corrected chi connectivity index (χ1v) is 8.81. The van der Waals surface area contributed by atoms with Crippen LogP contribution in [0.15, 0.2) is 15.9 Å². The molecule has 1 aromatic rings. The van der Waals surface area contributed by atoms with Gasteiger partial charge in [-0.2, -0.15) is 0 Å². The van der Waals surface area contributed by atoms with E-state index in [1.807, 2.05) is 11.3 Å². The van der Waals surface area contributed by atoms with Crippen molar-refractivity contribution in [2.75, 3.05) is 7.05 Å². The summed E-state index contributed by atoms with van der Waals surface area (Å²) in [6.07, 6.45) is 8.24. The van der Waals surface area contributed by atoms with E-state index in [1.54, 1.807) is 0 Å². The number of hydrogen-bond donors (Lipinski definition) is 1. The first-order chi connectivity index (χ1) is 8.74. The Kier molecular flexibility index (Phi) is 5.71. The fourth-order valence-corrected chi connectivity index (χ4v) is 4.82. The Hall–Kier alpha value is 0.140. The lowest BCUT2D eigenvalue weighted by Crippen LogP contribution is -2.38. The van der Waals surface area contributed by atoms with Gasteiger partial charge in [-0.3, -0.25) is 0 Å². The summed E-state index contributed by atoms with van der Waals surface area (Å²) in [6.45, 7) is 2.34. The fourth-order valence-electron chi connectivity index (χ4n) is 3.24. The summed E-state index contributed by atoms with van der Waals surface area (Å²) in [5, 5.41) is 5.75. The fraction of sp³-hybridized carbons (Fsp3) is 0.733. The Labute approximate surface area is 123 Å². The molecule has 1 N–H and O–H groups in total. The molecule has 1 aliphatic carbocycles. The zero-order valence-electron chi connectivity index (χ0n) is 11.4. The first-order valence-electron chi connectivity index (χ1n) is 7.13. The van der Waals surface area contributed by atoms with Gasteiger partial charge in [0.05, 0.1) is 0 Å². The molecule has 3 atom stereocenters. The predicted molar refractivity (Wildman–Crippen MR) is 84.3 cm³/mol. The number of halogens is 1. The van der Waals surface area contributed by atoms with Gasteiger partial charge in [-0.05, 0) is 65.5 Å². The molecule has 0 radical (unpaired) electrons. The van der Waals surface area contributed by atoms with Gasteiger partial charge in [-0.1, -0.05) is 26.2 Å². The maximum Gasteiger partial charge on any atom is 0.0314 e. The Morgan fingerprint density at radius 1 is 1.50 bits per heavy atom. The Bertz CT molecular complexity index is 363. The van der Waals surface area contributed by atoms with Crippen LogP contribution in [0.3, 0.4) is 0 Å². The van der Waals surface area contributed by atoms with Crippen LogP contribution < -0.4 is 5.32 Å². The lowest BCUT2D eigenvalue weighted by molar-refractivity contribution is 0.213. The second-order valence-corrected chi connectivity index (χ2v) is 7.35. The maximum atomic E-state index is 3.66. The standard InChI is InChI=1S/C15H24BrNS/c1-3-11-5-4-6-12(9-11)14(17-2)10-15-13(16)7-8-18-15/h7-8,11-12,14,17H,3-6,9-10H2,1-2H3. The summed E-state index contributed by atoms with van der Waals surface area (Å²) < 4.78 is 1.29. The van der Waals surface area contributed by atoms with Crippen LogP contribution in [0, 0.1) is 11.8 Å². The Balaban J connectivity index is 1.97. The summed E-state index contributed by atoms with van der Waals surface area (Å²) >= 11 is 5.53. The lowest BCUT2D eigenvalue weighted by atomic mass is 9.76. The molecule has 1 saturated carbocycles. The smallest absolute Gasteiger partial charge is 0.0314 e. The van der Waals surface area contributed by atoms with Crippen LogP contribution in [0.2, 0.25) is 0 Å². The van der Waals surface area contributed by atoms with E-state index < -0.39 is 0 Å². The third kappa shape index (κ3) is 3.58. The van der Waals surface area contributed by atoms with Crippen LogP contribution in [-0.2, 0) is 6.42 Å². The third-order valence-corrected chi connectivity index (χ3v) is 6.39. The van der Waals surface area contributed by atoms with Gasteiger partial charge in [0.15, 0.2) is 0 Å². The van der Waals surface area contributed by atoms with Crippen LogP contribution >= 0.6 is 27.3 Å². The highest BCUT2D eigenvalue weighted by atomic mass is 79.9. The highest BCUT2D eigenvalue weighted by molar-refractivity contribution is 9.10. The SMILES string of the molecule is CCC1CCCC(C(Cc2sccc2Br)NC)C1. The molecule has 18 heavy (non-hydrogen) atoms. The van der Waals surface area contributed by atoms with Crippen LogP contribution in [-0.4, -0.2) is 13.1 Å². The van der Waals surface area contributed by atoms with Crippen molar-refractivity contribution in [1.29, 1.82) is 0 Å². The van der Waals surface area contributed by atoms with Crippen molar-refractivity contribution in [2.45, 2.75) is 51.5 Å². The highest BCUT2D eigenvalue weighted by Gasteiger charge is 2.27. The van der Waals surface area contributed by atoms with Gasteiger partial charge in [0.1, 0.15) is 0 Å². The van der Waals surface area contributed by atoms with E-state index in [2.05, 4.69) is 46.7 Å². The lowest BCUT2D eigenvalue weighted by Gasteiger charge is -2.34. The van der Waals surface area contributed by atoms with E-state index in [4.69, 9.17) is 0 Å². The van der Waals surface area contributed by atoms with Gasteiger partial charge in [-0.15, -0.1) is 11.3 Å². The molecule has 102 valence electrons. The van der Waals surface area contributed by atoms with Crippen molar-refractivity contribution in [3.05, 3.63) is 20.8 Å². The van der Waals surface area contributed by atoms with E-state index in [0.717, 1.165) is 11.8 Å². The van der Waals surface area contributed by atoms with Gasteiger partial charge in [0.2, 0.25) is 0 Å². The Morgan fingerprint density at radius 3 is 2.94 bits per heavy atom. The van der Waals surface area contributed by atoms with Gasteiger partial charge in [0, 0.05) is 15.4 Å². The number of hydrogen-bond acceptors (Lipinski definition) is 2. The monoisotopic (exact) mass is 329 g/mol. The van der Waals surface area contributed by atoms with Gasteiger partial charge in [-0.25, -0.2) is 0 Å². The number of nitrogens with one attached hydrogen (secondary N) is 1. The number of thiophene rings is 1. The zero-order valence-corrected chi connectivity index (χ0v) is 13.8. The minimum Gasteiger partial charge on any atom is -0.316 e. The Morgan fingerprint density at radius 2 is 2.33 bits per heavy atom. The predicted octanol–water partition coefficient (Wildman–Crippen LogP) is 4.86. The molecule has 1 nitrogen and oxygen atoms in total. The summed E-state index contributed by atoms with van der Waals surface area (Å²) in [5.74, 6) is 1.83. The second kappa shape index (κ2) is 7.06. The molecule has 1 aromatic heterocycles. The molecule has 0 spiro atoms. The molecule has 2 rings (SSSR count). The quantitative estimate of drug-likeness (QED) is 0.813. The highest BCUT2D eigenvalue weighted by Crippen LogP contribution is 2.35. The molecule has 1 heterocycles. The summed E-state index contributed by atoms with van der Waals surface area (Å²) in [6, 6.07) is 2.82. The molecule has 0 bridgehead atoms. The minimum absolute atomic E-state index is 0.647. The van der Waals surface area contributed by atoms with E-state index in [-0.39, 0.29) is 0 Å². The van der Waals surface area contributed by atoms with Crippen LogP contribution in [0.4, 0.5) is 0 Å². The van der Waals surface area contributed by atoms with Crippen molar-refractivity contribution in [3.8, 4) is 0 Å². The molecule has 1 fully saturated rings. The average Bonchev–Trinajstić information content (AvgIpc) is 2.81. The topological polar surface area (TPSA) is 12.0 Å². The summed E-state index contributed by atoms with van der Waals surface area (Å²) in [4.78, 5) is 1.49. The van der Waals surface area contributed by atoms with E-state index in [1.165, 1.54) is 47.9 Å². The molecule has 3 unspecified atom stereocenters. The third-order valence-electron chi connectivity index (χ3n) is 4.44. The molecular weight excluding hydrogens is 306 g/mol. The molecule has 0 saturated heterocycles. The van der Waals surface area contributed by atoms with Crippen molar-refractivity contribution in [1.82, 2.24) is 5.32 Å². The van der Waals surface area contributed by atoms with Gasteiger partial charge >= 0.3 is 0 Å². The average molecular weight is 330 g/mol. The van der Waals surface area contributed by atoms with E-state index in [9.17, 15) is 0 Å². The van der Waals surface area contributed by atoms with E-state index >= 15 is 0 Å². The van der Waals surface area contributed by atoms with Crippen LogP contribution in [0.5, 0.6) is 0 Å². The maximum absolute atomic E-state index is 3.66. The zero-order chi connectivity index (χ0) is 13.0. The van der Waals surface area contributed by atoms with Crippen molar-refractivity contribution in [3.63, 3.8) is 0 Å². The van der Waals surface area contributed by atoms with Crippen LogP contribution in [0.25, 0.3) is 0 Å². The largest absolute Gasteiger partial charge is 0.316 e. The molecule has 0 amide bonds. The molecule has 1 aliphatic rings. The van der Waals surface area contributed by atoms with Crippen molar-refractivity contribution in [2.24, 2.45) is 11.8 Å². The van der Waals surface area contributed by atoms with Gasteiger partial charge in [0.25, 0.3) is 0 Å². The molecule has 0 aromatic carbocycles. The summed E-state index contributed by atoms with van der Waals surface area (Å²) in [5.41, 5.74) is 0. The number of likely N-dealkylation sites (N-methyl/N-ethyl adjacent to an activating group) is 1. The molecular formula is C15H24BrNS. The minimum atomic E-state index is 0.647. The number of rotatable bonds is 5. The molecule has 0 aliphatic heterocycles. The second-order valence-electron chi connectivity index (χ2n) is 5.49. The first kappa shape index (κ1) is 14.5. The van der Waals surface area contributed by atoms with Gasteiger partial charge < -0.3 is 5.32 Å². The van der Waals surface area contributed by atoms with Crippen molar-refractivity contribution >= 4 is 27.3 Å². The summed E-state index contributed by atoms with van der Waals surface area (Å²) in [7, 11) is 2.13. The van der Waals surface area contributed by atoms with E-state index in [0.29, 0.717) is 6.04 Å². The molecule has 3 heteroatoms. The normalized spacial score (nSPS) is 26.2. The van der Waals surface area contributed by atoms with Crippen LogP contribution in [0.1, 0.15) is 43.9 Å². The van der Waals surface area contributed by atoms with Crippen molar-refractivity contribution < 1.29 is 0 Å².